The van der Waals surface area contributed by atoms with E-state index in [1.165, 1.54) is 0 Å². The van der Waals surface area contributed by atoms with Gasteiger partial charge in [0.25, 0.3) is 0 Å². The summed E-state index contributed by atoms with van der Waals surface area (Å²) in [4.78, 5) is 23.8. The van der Waals surface area contributed by atoms with Crippen molar-refractivity contribution in [2.45, 2.75) is 86.7 Å². The Morgan fingerprint density at radius 1 is 0.955 bits per heavy atom. The summed E-state index contributed by atoms with van der Waals surface area (Å²) in [6.45, 7) is 17.3. The van der Waals surface area contributed by atoms with Gasteiger partial charge in [-0.15, -0.1) is 0 Å². The molecule has 4 nitrogen and oxygen atoms in total. The van der Waals surface area contributed by atoms with Crippen molar-refractivity contribution in [1.29, 1.82) is 0 Å². The molecule has 0 aliphatic carbocycles. The van der Waals surface area contributed by atoms with Crippen molar-refractivity contribution < 1.29 is 9.59 Å². The van der Waals surface area contributed by atoms with Crippen LogP contribution in [-0.4, -0.2) is 36.7 Å². The second kappa shape index (κ2) is 12.8. The summed E-state index contributed by atoms with van der Waals surface area (Å²) in [5.41, 5.74) is -0.254. The van der Waals surface area contributed by atoms with Gasteiger partial charge >= 0.3 is 0 Å². The summed E-state index contributed by atoms with van der Waals surface area (Å²) in [5.74, 6) is 0.453. The Balaban J connectivity index is 0. The van der Waals surface area contributed by atoms with E-state index in [2.05, 4.69) is 24.5 Å². The van der Waals surface area contributed by atoms with Crippen LogP contribution >= 0.6 is 0 Å². The van der Waals surface area contributed by atoms with Crippen molar-refractivity contribution in [2.24, 2.45) is 5.41 Å². The molecule has 0 heterocycles. The zero-order valence-corrected chi connectivity index (χ0v) is 16.0. The first-order valence-corrected chi connectivity index (χ1v) is 8.73. The molecule has 0 aromatic rings. The highest BCUT2D eigenvalue weighted by molar-refractivity contribution is 5.85. The summed E-state index contributed by atoms with van der Waals surface area (Å²) < 4.78 is 0. The monoisotopic (exact) mass is 314 g/mol. The third-order valence-corrected chi connectivity index (χ3v) is 3.85. The van der Waals surface area contributed by atoms with Crippen molar-refractivity contribution in [3.8, 4) is 0 Å². The topological polar surface area (TPSA) is 58.2 Å². The summed E-state index contributed by atoms with van der Waals surface area (Å²) in [6.07, 6.45) is 1.87. The van der Waals surface area contributed by atoms with E-state index < -0.39 is 0 Å². The Bertz CT molecular complexity index is 312. The zero-order chi connectivity index (χ0) is 17.8. The molecule has 0 aliphatic heterocycles. The first-order valence-electron chi connectivity index (χ1n) is 8.73. The molecule has 132 valence electrons. The normalized spacial score (nSPS) is 12.6. The predicted molar refractivity (Wildman–Crippen MR) is 95.3 cm³/mol. The van der Waals surface area contributed by atoms with Gasteiger partial charge in [-0.2, -0.15) is 0 Å². The molecule has 0 saturated heterocycles. The lowest BCUT2D eigenvalue weighted by Crippen LogP contribution is -2.38. The molecule has 2 N–H and O–H groups in total. The largest absolute Gasteiger partial charge is 0.314 e. The maximum Gasteiger partial charge on any atom is 0.150 e. The average Bonchev–Trinajstić information content (AvgIpc) is 2.48. The summed E-state index contributed by atoms with van der Waals surface area (Å²) >= 11 is 0. The molecule has 0 saturated carbocycles. The Labute approximate surface area is 137 Å². The SMILES string of the molecule is CC.CCC(C)(C)C(=O)CCNC(C)C(=O)CCNC(C)C. The minimum absolute atomic E-state index is 0.179. The lowest BCUT2D eigenvalue weighted by atomic mass is 9.84. The number of carbonyl (C=O) groups is 2. The third-order valence-electron chi connectivity index (χ3n) is 3.85. The van der Waals surface area contributed by atoms with Gasteiger partial charge < -0.3 is 10.6 Å². The fourth-order valence-electron chi connectivity index (χ4n) is 1.75. The van der Waals surface area contributed by atoms with E-state index in [9.17, 15) is 9.59 Å². The molecular weight excluding hydrogens is 276 g/mol. The number of nitrogens with one attached hydrogen (secondary N) is 2. The van der Waals surface area contributed by atoms with Gasteiger partial charge in [0, 0.05) is 37.4 Å². The standard InChI is InChI=1S/C16H32N2O2.C2H6/c1-7-16(5,6)15(20)9-11-18-13(4)14(19)8-10-17-12(2)3;1-2/h12-13,17-18H,7-11H2,1-6H3;1-2H3. The van der Waals surface area contributed by atoms with E-state index in [1.54, 1.807) is 0 Å². The number of rotatable bonds is 11. The van der Waals surface area contributed by atoms with Gasteiger partial charge in [0.1, 0.15) is 5.78 Å². The van der Waals surface area contributed by atoms with Gasteiger partial charge in [0.05, 0.1) is 6.04 Å². The van der Waals surface area contributed by atoms with E-state index in [1.807, 2.05) is 41.5 Å². The maximum atomic E-state index is 12.0. The van der Waals surface area contributed by atoms with Gasteiger partial charge in [0.2, 0.25) is 0 Å². The molecule has 0 aromatic carbocycles. The first-order chi connectivity index (χ1) is 10.2. The number of hydrogen-bond acceptors (Lipinski definition) is 4. The van der Waals surface area contributed by atoms with Gasteiger partial charge in [-0.1, -0.05) is 48.5 Å². The van der Waals surface area contributed by atoms with Crippen molar-refractivity contribution in [3.05, 3.63) is 0 Å². The molecule has 0 bridgehead atoms. The van der Waals surface area contributed by atoms with Crippen LogP contribution in [0.1, 0.15) is 74.7 Å². The summed E-state index contributed by atoms with van der Waals surface area (Å²) in [7, 11) is 0. The molecular formula is C18H38N2O2. The Kier molecular flexibility index (Phi) is 13.7. The van der Waals surface area contributed by atoms with Crippen LogP contribution in [-0.2, 0) is 9.59 Å². The average molecular weight is 315 g/mol. The van der Waals surface area contributed by atoms with E-state index in [0.29, 0.717) is 32.0 Å². The van der Waals surface area contributed by atoms with E-state index in [-0.39, 0.29) is 23.0 Å². The van der Waals surface area contributed by atoms with E-state index >= 15 is 0 Å². The molecule has 4 heteroatoms. The highest BCUT2D eigenvalue weighted by Gasteiger charge is 2.24. The Morgan fingerprint density at radius 3 is 1.91 bits per heavy atom. The van der Waals surface area contributed by atoms with Gasteiger partial charge in [-0.05, 0) is 13.3 Å². The van der Waals surface area contributed by atoms with Gasteiger partial charge in [0.15, 0.2) is 5.78 Å². The molecule has 0 aliphatic rings. The number of ketones is 2. The van der Waals surface area contributed by atoms with Crippen molar-refractivity contribution in [3.63, 3.8) is 0 Å². The van der Waals surface area contributed by atoms with Gasteiger partial charge in [-0.25, -0.2) is 0 Å². The second-order valence-electron chi connectivity index (χ2n) is 6.41. The quantitative estimate of drug-likeness (QED) is 0.614. The smallest absolute Gasteiger partial charge is 0.150 e. The highest BCUT2D eigenvalue weighted by Crippen LogP contribution is 2.22. The maximum absolute atomic E-state index is 12.0. The van der Waals surface area contributed by atoms with Crippen LogP contribution < -0.4 is 10.6 Å². The van der Waals surface area contributed by atoms with Crippen LogP contribution in [0.25, 0.3) is 0 Å². The number of hydrogen-bond donors (Lipinski definition) is 2. The zero-order valence-electron chi connectivity index (χ0n) is 16.0. The van der Waals surface area contributed by atoms with Crippen LogP contribution in [0.3, 0.4) is 0 Å². The summed E-state index contributed by atoms with van der Waals surface area (Å²) in [5, 5.41) is 6.38. The third kappa shape index (κ3) is 10.9. The van der Waals surface area contributed by atoms with Gasteiger partial charge in [-0.3, -0.25) is 9.59 Å². The Morgan fingerprint density at radius 2 is 1.45 bits per heavy atom. The molecule has 1 unspecified atom stereocenters. The lowest BCUT2D eigenvalue weighted by Gasteiger charge is -2.21. The van der Waals surface area contributed by atoms with Crippen molar-refractivity contribution in [2.75, 3.05) is 13.1 Å². The highest BCUT2D eigenvalue weighted by atomic mass is 16.1. The molecule has 0 spiro atoms. The van der Waals surface area contributed by atoms with Crippen LogP contribution in [0.5, 0.6) is 0 Å². The molecule has 0 fully saturated rings. The van der Waals surface area contributed by atoms with Crippen LogP contribution in [0.2, 0.25) is 0 Å². The van der Waals surface area contributed by atoms with Crippen LogP contribution in [0, 0.1) is 5.41 Å². The predicted octanol–water partition coefficient (Wildman–Crippen LogP) is 3.34. The Hall–Kier alpha value is -0.740. The first kappa shape index (κ1) is 23.5. The molecule has 0 amide bonds. The van der Waals surface area contributed by atoms with Crippen LogP contribution in [0.4, 0.5) is 0 Å². The number of Topliss-reactive ketones (excluding diaryl/α,β-unsaturated/α-hetero) is 2. The molecule has 1 atom stereocenters. The van der Waals surface area contributed by atoms with Crippen molar-refractivity contribution >= 4 is 11.6 Å². The molecule has 22 heavy (non-hydrogen) atoms. The van der Waals surface area contributed by atoms with Crippen molar-refractivity contribution in [1.82, 2.24) is 10.6 Å². The molecule has 0 radical (unpaired) electrons. The number of carbonyl (C=O) groups excluding carboxylic acids is 2. The molecule has 0 aromatic heterocycles. The van der Waals surface area contributed by atoms with Crippen LogP contribution in [0.15, 0.2) is 0 Å². The summed E-state index contributed by atoms with van der Waals surface area (Å²) in [6, 6.07) is 0.224. The van der Waals surface area contributed by atoms with E-state index in [0.717, 1.165) is 6.42 Å². The minimum atomic E-state index is -0.254. The van der Waals surface area contributed by atoms with E-state index in [4.69, 9.17) is 0 Å². The molecule has 0 rings (SSSR count). The fourth-order valence-corrected chi connectivity index (χ4v) is 1.75. The minimum Gasteiger partial charge on any atom is -0.314 e. The lowest BCUT2D eigenvalue weighted by molar-refractivity contribution is -0.127. The fraction of sp³-hybridized carbons (Fsp3) is 0.889. The second-order valence-corrected chi connectivity index (χ2v) is 6.41.